The lowest BCUT2D eigenvalue weighted by atomic mass is 10.2. The molecule has 2 aromatic heterocycles. The quantitative estimate of drug-likeness (QED) is 0.872. The van der Waals surface area contributed by atoms with Gasteiger partial charge in [0.15, 0.2) is 0 Å². The molecule has 0 spiro atoms. The van der Waals surface area contributed by atoms with Crippen LogP contribution in [0.15, 0.2) is 28.9 Å². The van der Waals surface area contributed by atoms with E-state index >= 15 is 0 Å². The van der Waals surface area contributed by atoms with Crippen LogP contribution in [0.1, 0.15) is 16.7 Å². The summed E-state index contributed by atoms with van der Waals surface area (Å²) < 4.78 is 1.48. The molecule has 1 unspecified atom stereocenters. The van der Waals surface area contributed by atoms with Gasteiger partial charge in [0, 0.05) is 21.2 Å². The molecule has 0 aliphatic rings. The molecule has 5 heteroatoms. The third kappa shape index (κ3) is 1.88. The number of aliphatic hydroxyl groups is 1. The number of aromatic amines is 1. The van der Waals surface area contributed by atoms with Crippen LogP contribution in [0.25, 0.3) is 0 Å². The number of halogens is 2. The number of H-pyrrole nitrogens is 1. The third-order valence-electron chi connectivity index (χ3n) is 1.85. The predicted molar refractivity (Wildman–Crippen MR) is 61.9 cm³/mol. The number of hydrogen-bond acceptors (Lipinski definition) is 2. The highest BCUT2D eigenvalue weighted by Crippen LogP contribution is 2.36. The van der Waals surface area contributed by atoms with Crippen molar-refractivity contribution in [2.24, 2.45) is 0 Å². The van der Waals surface area contributed by atoms with Gasteiger partial charge in [0.05, 0.1) is 0 Å². The van der Waals surface area contributed by atoms with Crippen LogP contribution in [0.5, 0.6) is 0 Å². The van der Waals surface area contributed by atoms with E-state index in [0.717, 1.165) is 15.0 Å². The molecule has 74 valence electrons. The van der Waals surface area contributed by atoms with Gasteiger partial charge in [-0.25, -0.2) is 0 Å². The number of rotatable bonds is 2. The maximum absolute atomic E-state index is 9.92. The van der Waals surface area contributed by atoms with E-state index in [-0.39, 0.29) is 0 Å². The number of hydrogen-bond donors (Lipinski definition) is 2. The van der Waals surface area contributed by atoms with Crippen LogP contribution in [0.3, 0.4) is 0 Å². The molecule has 0 aliphatic carbocycles. The van der Waals surface area contributed by atoms with E-state index in [1.807, 2.05) is 18.2 Å². The summed E-state index contributed by atoms with van der Waals surface area (Å²) in [6.45, 7) is 0. The van der Waals surface area contributed by atoms with Crippen molar-refractivity contribution in [3.8, 4) is 0 Å². The molecule has 2 aromatic rings. The average Bonchev–Trinajstić information content (AvgIpc) is 2.76. The first-order valence-corrected chi connectivity index (χ1v) is 5.93. The third-order valence-corrected chi connectivity index (χ3v) is 4.38. The van der Waals surface area contributed by atoms with Gasteiger partial charge >= 0.3 is 0 Å². The van der Waals surface area contributed by atoms with Gasteiger partial charge in [0.1, 0.15) is 10.4 Å². The average molecular weight is 293 g/mol. The van der Waals surface area contributed by atoms with Gasteiger partial charge in [0.2, 0.25) is 0 Å². The summed E-state index contributed by atoms with van der Waals surface area (Å²) in [6.07, 6.45) is 1.15. The Labute approximate surface area is 98.7 Å². The monoisotopic (exact) mass is 291 g/mol. The van der Waals surface area contributed by atoms with Crippen molar-refractivity contribution >= 4 is 38.9 Å². The molecule has 0 radical (unpaired) electrons. The summed E-state index contributed by atoms with van der Waals surface area (Å²) in [6, 6.07) is 5.52. The highest BCUT2D eigenvalue weighted by Gasteiger charge is 2.15. The second kappa shape index (κ2) is 4.06. The smallest absolute Gasteiger partial charge is 0.128 e. The van der Waals surface area contributed by atoms with E-state index in [1.165, 1.54) is 11.3 Å². The van der Waals surface area contributed by atoms with Gasteiger partial charge in [-0.15, -0.1) is 11.3 Å². The second-order valence-electron chi connectivity index (χ2n) is 2.80. The number of nitrogens with one attached hydrogen (secondary N) is 1. The van der Waals surface area contributed by atoms with Gasteiger partial charge in [-0.2, -0.15) is 0 Å². The lowest BCUT2D eigenvalue weighted by Crippen LogP contribution is -1.96. The molecule has 0 aliphatic heterocycles. The molecule has 2 rings (SSSR count). The zero-order valence-corrected chi connectivity index (χ0v) is 10.2. The van der Waals surface area contributed by atoms with Gasteiger partial charge in [-0.3, -0.25) is 0 Å². The highest BCUT2D eigenvalue weighted by atomic mass is 79.9. The number of aliphatic hydroxyl groups excluding tert-OH is 1. The van der Waals surface area contributed by atoms with Crippen LogP contribution >= 0.6 is 38.9 Å². The Morgan fingerprint density at radius 1 is 1.57 bits per heavy atom. The van der Waals surface area contributed by atoms with Gasteiger partial charge < -0.3 is 10.1 Å². The Bertz CT molecular complexity index is 406. The molecule has 2 N–H and O–H groups in total. The molecular formula is C9H7BrClNOS. The maximum atomic E-state index is 9.92. The minimum Gasteiger partial charge on any atom is -0.381 e. The van der Waals surface area contributed by atoms with Gasteiger partial charge in [0.25, 0.3) is 0 Å². The van der Waals surface area contributed by atoms with Crippen molar-refractivity contribution in [3.63, 3.8) is 0 Å². The molecule has 0 saturated carbocycles. The van der Waals surface area contributed by atoms with Crippen LogP contribution in [0, 0.1) is 0 Å². The van der Waals surface area contributed by atoms with Crippen LogP contribution in [-0.4, -0.2) is 10.1 Å². The maximum Gasteiger partial charge on any atom is 0.128 e. The van der Waals surface area contributed by atoms with Crippen molar-refractivity contribution in [1.29, 1.82) is 0 Å². The largest absolute Gasteiger partial charge is 0.381 e. The molecule has 0 amide bonds. The summed E-state index contributed by atoms with van der Waals surface area (Å²) in [4.78, 5) is 3.79. The molecule has 0 aromatic carbocycles. The first-order chi connectivity index (χ1) is 6.68. The van der Waals surface area contributed by atoms with Crippen molar-refractivity contribution in [1.82, 2.24) is 4.98 Å². The normalized spacial score (nSPS) is 13.1. The standard InChI is InChI=1S/C9H7BrClNOS/c10-5-4-7(14-9(5)11)8(13)6-2-1-3-12-6/h1-4,8,12-13H. The van der Waals surface area contributed by atoms with Crippen LogP contribution in [-0.2, 0) is 0 Å². The summed E-state index contributed by atoms with van der Waals surface area (Å²) in [5, 5.41) is 9.92. The molecule has 1 atom stereocenters. The zero-order chi connectivity index (χ0) is 10.1. The molecule has 0 fully saturated rings. The van der Waals surface area contributed by atoms with E-state index < -0.39 is 6.10 Å². The Balaban J connectivity index is 2.32. The van der Waals surface area contributed by atoms with Crippen molar-refractivity contribution in [2.75, 3.05) is 0 Å². The van der Waals surface area contributed by atoms with Crippen molar-refractivity contribution in [2.45, 2.75) is 6.10 Å². The van der Waals surface area contributed by atoms with E-state index in [4.69, 9.17) is 11.6 Å². The lowest BCUT2D eigenvalue weighted by molar-refractivity contribution is 0.220. The lowest BCUT2D eigenvalue weighted by Gasteiger charge is -2.04. The summed E-state index contributed by atoms with van der Waals surface area (Å²) in [5.41, 5.74) is 0.774. The predicted octanol–water partition coefficient (Wildman–Crippen LogP) is 3.57. The summed E-state index contributed by atoms with van der Waals surface area (Å²) in [7, 11) is 0. The summed E-state index contributed by atoms with van der Waals surface area (Å²) in [5.74, 6) is 0. The van der Waals surface area contributed by atoms with Crippen molar-refractivity contribution < 1.29 is 5.11 Å². The van der Waals surface area contributed by atoms with E-state index in [9.17, 15) is 5.11 Å². The molecule has 14 heavy (non-hydrogen) atoms. The van der Waals surface area contributed by atoms with Crippen LogP contribution in [0.4, 0.5) is 0 Å². The molecule has 2 heterocycles. The first kappa shape index (κ1) is 10.2. The molecule has 0 bridgehead atoms. The number of thiophene rings is 1. The van der Waals surface area contributed by atoms with Crippen LogP contribution in [0.2, 0.25) is 4.34 Å². The Morgan fingerprint density at radius 3 is 2.86 bits per heavy atom. The van der Waals surface area contributed by atoms with E-state index in [0.29, 0.717) is 4.34 Å². The number of aromatic nitrogens is 1. The van der Waals surface area contributed by atoms with Gasteiger partial charge in [-0.05, 0) is 34.1 Å². The Morgan fingerprint density at radius 2 is 2.36 bits per heavy atom. The van der Waals surface area contributed by atoms with Gasteiger partial charge in [-0.1, -0.05) is 11.6 Å². The first-order valence-electron chi connectivity index (χ1n) is 3.94. The second-order valence-corrected chi connectivity index (χ2v) is 5.34. The van der Waals surface area contributed by atoms with E-state index in [1.54, 1.807) is 6.20 Å². The van der Waals surface area contributed by atoms with Crippen LogP contribution < -0.4 is 0 Å². The SMILES string of the molecule is OC(c1ccc[nH]1)c1cc(Br)c(Cl)s1. The highest BCUT2D eigenvalue weighted by molar-refractivity contribution is 9.10. The zero-order valence-electron chi connectivity index (χ0n) is 7.00. The molecule has 2 nitrogen and oxygen atoms in total. The fourth-order valence-electron chi connectivity index (χ4n) is 1.17. The minimum absolute atomic E-state index is 0.626. The molecular weight excluding hydrogens is 286 g/mol. The fraction of sp³-hybridized carbons (Fsp3) is 0.111. The van der Waals surface area contributed by atoms with E-state index in [2.05, 4.69) is 20.9 Å². The van der Waals surface area contributed by atoms with Crippen molar-refractivity contribution in [3.05, 3.63) is 43.8 Å². The molecule has 0 saturated heterocycles. The Kier molecular flexibility index (Phi) is 2.97. The Hall–Kier alpha value is -0.290. The fourth-order valence-corrected chi connectivity index (χ4v) is 2.91. The minimum atomic E-state index is -0.626. The topological polar surface area (TPSA) is 36.0 Å². The summed E-state index contributed by atoms with van der Waals surface area (Å²) >= 11 is 10.6.